The van der Waals surface area contributed by atoms with E-state index in [2.05, 4.69) is 32.8 Å². The smallest absolute Gasteiger partial charge is 0.139 e. The second-order valence-corrected chi connectivity index (χ2v) is 6.20. The van der Waals surface area contributed by atoms with Gasteiger partial charge in [0, 0.05) is 18.7 Å². The third-order valence-corrected chi connectivity index (χ3v) is 3.74. The summed E-state index contributed by atoms with van der Waals surface area (Å²) in [5.41, 5.74) is 6.62. The number of aromatic nitrogens is 2. The maximum Gasteiger partial charge on any atom is 0.139 e. The summed E-state index contributed by atoms with van der Waals surface area (Å²) in [6.07, 6.45) is 5.02. The molecular weight excluding hydrogens is 250 g/mol. The topological polar surface area (TPSA) is 60.9 Å². The molecule has 4 heteroatoms. The van der Waals surface area contributed by atoms with E-state index >= 15 is 0 Å². The molecule has 2 unspecified atom stereocenters. The highest BCUT2D eigenvalue weighted by Crippen LogP contribution is 2.16. The molecule has 0 aliphatic heterocycles. The first-order chi connectivity index (χ1) is 9.46. The molecule has 0 fully saturated rings. The predicted molar refractivity (Wildman–Crippen MR) is 82.6 cm³/mol. The van der Waals surface area contributed by atoms with Crippen LogP contribution in [0.5, 0.6) is 0 Å². The zero-order chi connectivity index (χ0) is 15.1. The second-order valence-electron chi connectivity index (χ2n) is 6.20. The average Bonchev–Trinajstić information content (AvgIpc) is 2.84. The Hall–Kier alpha value is -1.16. The number of Topliss-reactive ketones (excluding diaryl/α,β-unsaturated/α-hetero) is 1. The predicted octanol–water partition coefficient (Wildman–Crippen LogP) is 2.98. The van der Waals surface area contributed by atoms with E-state index in [-0.39, 0.29) is 5.78 Å². The van der Waals surface area contributed by atoms with Gasteiger partial charge in [-0.25, -0.2) is 0 Å². The molecular formula is C16H29N3O. The van der Waals surface area contributed by atoms with E-state index in [0.717, 1.165) is 18.5 Å². The van der Waals surface area contributed by atoms with Crippen LogP contribution >= 0.6 is 0 Å². The van der Waals surface area contributed by atoms with Crippen LogP contribution in [-0.2, 0) is 11.2 Å². The van der Waals surface area contributed by atoms with Gasteiger partial charge >= 0.3 is 0 Å². The molecule has 1 aromatic rings. The molecule has 2 N–H and O–H groups in total. The minimum atomic E-state index is 0.246. The van der Waals surface area contributed by atoms with E-state index in [0.29, 0.717) is 37.3 Å². The van der Waals surface area contributed by atoms with Gasteiger partial charge in [0.05, 0.1) is 12.1 Å². The van der Waals surface area contributed by atoms with Gasteiger partial charge in [-0.1, -0.05) is 20.8 Å². The maximum absolute atomic E-state index is 12.1. The van der Waals surface area contributed by atoms with Crippen molar-refractivity contribution in [3.8, 4) is 0 Å². The molecule has 0 spiro atoms. The van der Waals surface area contributed by atoms with Crippen LogP contribution in [0.25, 0.3) is 0 Å². The van der Waals surface area contributed by atoms with Crippen LogP contribution in [0.4, 0.5) is 0 Å². The minimum absolute atomic E-state index is 0.246. The normalized spacial score (nSPS) is 14.5. The summed E-state index contributed by atoms with van der Waals surface area (Å²) in [7, 11) is 0. The molecule has 0 aromatic carbocycles. The lowest BCUT2D eigenvalue weighted by Crippen LogP contribution is -2.21. The lowest BCUT2D eigenvalue weighted by Gasteiger charge is -2.15. The van der Waals surface area contributed by atoms with Gasteiger partial charge in [0.15, 0.2) is 0 Å². The standard InChI is InChI=1S/C16H29N3O/c1-5-13(4)19-7-6-15(18-19)10-16(20)9-14(11-17)8-12(2)3/h6-7,12-14H,5,8-11,17H2,1-4H3. The second kappa shape index (κ2) is 8.20. The molecule has 0 radical (unpaired) electrons. The summed E-state index contributed by atoms with van der Waals surface area (Å²) in [5, 5.41) is 4.48. The molecule has 0 aliphatic rings. The fourth-order valence-corrected chi connectivity index (χ4v) is 2.43. The summed E-state index contributed by atoms with van der Waals surface area (Å²) in [5.74, 6) is 1.13. The third kappa shape index (κ3) is 5.45. The summed E-state index contributed by atoms with van der Waals surface area (Å²) in [6.45, 7) is 9.19. The van der Waals surface area contributed by atoms with Crippen LogP contribution in [0.2, 0.25) is 0 Å². The molecule has 1 heterocycles. The van der Waals surface area contributed by atoms with Gasteiger partial charge in [-0.05, 0) is 44.2 Å². The molecule has 0 amide bonds. The summed E-state index contributed by atoms with van der Waals surface area (Å²) in [4.78, 5) is 12.1. The molecule has 0 saturated carbocycles. The Morgan fingerprint density at radius 3 is 2.65 bits per heavy atom. The molecule has 1 rings (SSSR count). The molecule has 1 aromatic heterocycles. The zero-order valence-corrected chi connectivity index (χ0v) is 13.3. The first-order valence-corrected chi connectivity index (χ1v) is 7.72. The SMILES string of the molecule is CCC(C)n1ccc(CC(=O)CC(CN)CC(C)C)n1. The molecule has 20 heavy (non-hydrogen) atoms. The van der Waals surface area contributed by atoms with Crippen LogP contribution in [0.3, 0.4) is 0 Å². The van der Waals surface area contributed by atoms with Crippen molar-refractivity contribution in [3.63, 3.8) is 0 Å². The van der Waals surface area contributed by atoms with Crippen molar-refractivity contribution in [1.29, 1.82) is 0 Å². The van der Waals surface area contributed by atoms with Gasteiger partial charge in [0.1, 0.15) is 5.78 Å². The number of hydrogen-bond acceptors (Lipinski definition) is 3. The van der Waals surface area contributed by atoms with Crippen molar-refractivity contribution < 1.29 is 4.79 Å². The Bertz CT molecular complexity index is 412. The zero-order valence-electron chi connectivity index (χ0n) is 13.3. The van der Waals surface area contributed by atoms with Gasteiger partial charge in [0.25, 0.3) is 0 Å². The van der Waals surface area contributed by atoms with Crippen LogP contribution in [0, 0.1) is 11.8 Å². The first kappa shape index (κ1) is 16.9. The lowest BCUT2D eigenvalue weighted by molar-refractivity contribution is -0.119. The van der Waals surface area contributed by atoms with Gasteiger partial charge in [-0.3, -0.25) is 9.48 Å². The number of carbonyl (C=O) groups is 1. The molecule has 114 valence electrons. The van der Waals surface area contributed by atoms with Crippen molar-refractivity contribution in [1.82, 2.24) is 9.78 Å². The Morgan fingerprint density at radius 2 is 2.10 bits per heavy atom. The van der Waals surface area contributed by atoms with Crippen molar-refractivity contribution in [2.24, 2.45) is 17.6 Å². The van der Waals surface area contributed by atoms with Gasteiger partial charge < -0.3 is 5.73 Å². The van der Waals surface area contributed by atoms with Crippen LogP contribution < -0.4 is 5.73 Å². The number of nitrogens with zero attached hydrogens (tertiary/aromatic N) is 2. The molecule has 0 aliphatic carbocycles. The van der Waals surface area contributed by atoms with Crippen molar-refractivity contribution >= 4 is 5.78 Å². The van der Waals surface area contributed by atoms with Crippen molar-refractivity contribution in [2.45, 2.75) is 59.4 Å². The van der Waals surface area contributed by atoms with Gasteiger partial charge in [0.2, 0.25) is 0 Å². The molecule has 4 nitrogen and oxygen atoms in total. The molecule has 0 saturated heterocycles. The number of nitrogens with two attached hydrogens (primary N) is 1. The van der Waals surface area contributed by atoms with Crippen LogP contribution in [0.15, 0.2) is 12.3 Å². The van der Waals surface area contributed by atoms with E-state index in [9.17, 15) is 4.79 Å². The van der Waals surface area contributed by atoms with E-state index in [4.69, 9.17) is 5.73 Å². The van der Waals surface area contributed by atoms with Crippen molar-refractivity contribution in [3.05, 3.63) is 18.0 Å². The largest absolute Gasteiger partial charge is 0.330 e. The first-order valence-electron chi connectivity index (χ1n) is 7.72. The molecule has 2 atom stereocenters. The Kier molecular flexibility index (Phi) is 6.93. The fourth-order valence-electron chi connectivity index (χ4n) is 2.43. The number of ketones is 1. The highest BCUT2D eigenvalue weighted by molar-refractivity contribution is 5.80. The molecule has 0 bridgehead atoms. The van der Waals surface area contributed by atoms with E-state index in [1.165, 1.54) is 0 Å². The average molecular weight is 279 g/mol. The van der Waals surface area contributed by atoms with Crippen molar-refractivity contribution in [2.75, 3.05) is 6.54 Å². The van der Waals surface area contributed by atoms with Gasteiger partial charge in [-0.15, -0.1) is 0 Å². The van der Waals surface area contributed by atoms with Gasteiger partial charge in [-0.2, -0.15) is 5.10 Å². The highest BCUT2D eigenvalue weighted by atomic mass is 16.1. The maximum atomic E-state index is 12.1. The lowest BCUT2D eigenvalue weighted by atomic mass is 9.91. The monoisotopic (exact) mass is 279 g/mol. The number of hydrogen-bond donors (Lipinski definition) is 1. The third-order valence-electron chi connectivity index (χ3n) is 3.74. The summed E-state index contributed by atoms with van der Waals surface area (Å²) in [6, 6.07) is 2.33. The Balaban J connectivity index is 2.51. The fraction of sp³-hybridized carbons (Fsp3) is 0.750. The quantitative estimate of drug-likeness (QED) is 0.756. The minimum Gasteiger partial charge on any atom is -0.330 e. The number of rotatable bonds is 9. The Morgan fingerprint density at radius 1 is 1.40 bits per heavy atom. The highest BCUT2D eigenvalue weighted by Gasteiger charge is 2.15. The number of carbonyl (C=O) groups excluding carboxylic acids is 1. The van der Waals surface area contributed by atoms with Crippen LogP contribution in [0.1, 0.15) is 58.7 Å². The van der Waals surface area contributed by atoms with Crippen LogP contribution in [-0.4, -0.2) is 22.1 Å². The van der Waals surface area contributed by atoms with E-state index < -0.39 is 0 Å². The Labute approximate surface area is 122 Å². The summed E-state index contributed by atoms with van der Waals surface area (Å²) < 4.78 is 1.94. The van der Waals surface area contributed by atoms with E-state index in [1.54, 1.807) is 0 Å². The summed E-state index contributed by atoms with van der Waals surface area (Å²) >= 11 is 0. The van der Waals surface area contributed by atoms with E-state index in [1.807, 2.05) is 16.9 Å².